The summed E-state index contributed by atoms with van der Waals surface area (Å²) in [5.74, 6) is -31.2. The van der Waals surface area contributed by atoms with Crippen LogP contribution in [0.5, 0.6) is 11.5 Å². The van der Waals surface area contributed by atoms with Crippen LogP contribution in [0.15, 0.2) is 24.3 Å². The summed E-state index contributed by atoms with van der Waals surface area (Å²) in [4.78, 5) is 0. The van der Waals surface area contributed by atoms with E-state index in [-0.39, 0.29) is 0 Å². The number of hydrogen-bond acceptors (Lipinski definition) is 2. The van der Waals surface area contributed by atoms with E-state index in [1.807, 2.05) is 0 Å². The molecule has 1 aromatic carbocycles. The van der Waals surface area contributed by atoms with Gasteiger partial charge in [-0.1, -0.05) is 0 Å². The lowest BCUT2D eigenvalue weighted by Crippen LogP contribution is -2.68. The lowest BCUT2D eigenvalue weighted by Gasteiger charge is -2.37. The van der Waals surface area contributed by atoms with Gasteiger partial charge in [0.05, 0.1) is 0 Å². The standard InChI is InChI=1S/C12H6F12O2/c13-7(26-6-3-1-5(25)2-4-6)8(14,15)9(16,17)10(18,19)11(20,21)12(22,23)24/h1-4,7,25H. The third kappa shape index (κ3) is 3.32. The smallest absolute Gasteiger partial charge is 0.460 e. The number of aromatic hydroxyl groups is 1. The SMILES string of the molecule is Oc1ccc(OC(F)C(F)(F)C(F)(F)C(F)(F)C(F)(F)C(F)(F)F)cc1. The minimum atomic E-state index is -7.72. The topological polar surface area (TPSA) is 29.5 Å². The molecular weight excluding hydrogens is 404 g/mol. The maximum atomic E-state index is 13.3. The molecule has 26 heavy (non-hydrogen) atoms. The zero-order chi connectivity index (χ0) is 20.8. The van der Waals surface area contributed by atoms with Crippen LogP contribution in [0.3, 0.4) is 0 Å². The first-order valence-electron chi connectivity index (χ1n) is 6.07. The third-order valence-electron chi connectivity index (χ3n) is 2.92. The third-order valence-corrected chi connectivity index (χ3v) is 2.92. The van der Waals surface area contributed by atoms with Gasteiger partial charge in [-0.25, -0.2) is 0 Å². The van der Waals surface area contributed by atoms with Gasteiger partial charge >= 0.3 is 36.2 Å². The molecule has 150 valence electrons. The molecule has 0 aromatic heterocycles. The molecule has 14 heteroatoms. The Labute approximate surface area is 136 Å². The monoisotopic (exact) mass is 410 g/mol. The van der Waals surface area contributed by atoms with Crippen LogP contribution in [0.1, 0.15) is 0 Å². The largest absolute Gasteiger partial charge is 0.508 e. The number of phenols is 1. The second-order valence-electron chi connectivity index (χ2n) is 4.77. The summed E-state index contributed by atoms with van der Waals surface area (Å²) in [7, 11) is 0. The zero-order valence-electron chi connectivity index (χ0n) is 11.8. The Morgan fingerprint density at radius 2 is 1.12 bits per heavy atom. The van der Waals surface area contributed by atoms with Crippen LogP contribution in [0, 0.1) is 0 Å². The maximum absolute atomic E-state index is 13.3. The molecule has 1 atom stereocenters. The summed E-state index contributed by atoms with van der Waals surface area (Å²) in [6, 6.07) is 2.31. The molecule has 1 unspecified atom stereocenters. The molecule has 0 aliphatic rings. The average Bonchev–Trinajstić information content (AvgIpc) is 2.47. The molecule has 0 saturated heterocycles. The molecule has 0 spiro atoms. The normalized spacial score (nSPS) is 15.7. The second kappa shape index (κ2) is 6.30. The molecule has 0 saturated carbocycles. The first kappa shape index (κ1) is 22.0. The highest BCUT2D eigenvalue weighted by atomic mass is 19.4. The van der Waals surface area contributed by atoms with Crippen LogP contribution in [-0.4, -0.2) is 41.3 Å². The van der Waals surface area contributed by atoms with Gasteiger partial charge in [-0.2, -0.15) is 52.7 Å². The van der Waals surface area contributed by atoms with E-state index in [4.69, 9.17) is 5.11 Å². The Morgan fingerprint density at radius 3 is 1.50 bits per heavy atom. The molecule has 1 aromatic rings. The van der Waals surface area contributed by atoms with Gasteiger partial charge in [0.15, 0.2) is 0 Å². The van der Waals surface area contributed by atoms with Crippen molar-refractivity contribution in [2.75, 3.05) is 0 Å². The van der Waals surface area contributed by atoms with E-state index < -0.39 is 47.7 Å². The van der Waals surface area contributed by atoms with Crippen LogP contribution in [-0.2, 0) is 0 Å². The Hall–Kier alpha value is -2.02. The van der Waals surface area contributed by atoms with Crippen molar-refractivity contribution in [2.45, 2.75) is 36.2 Å². The van der Waals surface area contributed by atoms with Crippen LogP contribution < -0.4 is 4.74 Å². The van der Waals surface area contributed by atoms with E-state index in [0.29, 0.717) is 24.3 Å². The van der Waals surface area contributed by atoms with Gasteiger partial charge in [0.1, 0.15) is 11.5 Å². The lowest BCUT2D eigenvalue weighted by atomic mass is 9.98. The van der Waals surface area contributed by atoms with Crippen molar-refractivity contribution in [1.29, 1.82) is 0 Å². The van der Waals surface area contributed by atoms with E-state index in [2.05, 4.69) is 4.74 Å². The van der Waals surface area contributed by atoms with E-state index >= 15 is 0 Å². The Balaban J connectivity index is 3.23. The second-order valence-corrected chi connectivity index (χ2v) is 4.77. The van der Waals surface area contributed by atoms with Gasteiger partial charge in [0.25, 0.3) is 0 Å². The fraction of sp³-hybridized carbons (Fsp3) is 0.500. The molecule has 0 amide bonds. The molecule has 0 fully saturated rings. The molecule has 2 nitrogen and oxygen atoms in total. The highest BCUT2D eigenvalue weighted by Crippen LogP contribution is 2.58. The molecule has 0 bridgehead atoms. The van der Waals surface area contributed by atoms with Gasteiger partial charge in [0, 0.05) is 0 Å². The summed E-state index contributed by atoms with van der Waals surface area (Å²) in [6.07, 6.45) is -12.1. The number of ether oxygens (including phenoxy) is 1. The van der Waals surface area contributed by atoms with Crippen LogP contribution in [0.25, 0.3) is 0 Å². The van der Waals surface area contributed by atoms with Crippen molar-refractivity contribution in [2.24, 2.45) is 0 Å². The molecule has 0 aliphatic carbocycles. The quantitative estimate of drug-likeness (QED) is 0.656. The fourth-order valence-corrected chi connectivity index (χ4v) is 1.45. The number of hydrogen-bond donors (Lipinski definition) is 1. The number of halogens is 12. The lowest BCUT2D eigenvalue weighted by molar-refractivity contribution is -0.432. The predicted molar refractivity (Wildman–Crippen MR) is 59.5 cm³/mol. The summed E-state index contributed by atoms with van der Waals surface area (Å²) in [5.41, 5.74) is 0. The summed E-state index contributed by atoms with van der Waals surface area (Å²) >= 11 is 0. The van der Waals surface area contributed by atoms with Crippen molar-refractivity contribution in [3.63, 3.8) is 0 Å². The van der Waals surface area contributed by atoms with E-state index in [1.54, 1.807) is 0 Å². The van der Waals surface area contributed by atoms with Crippen LogP contribution in [0.2, 0.25) is 0 Å². The van der Waals surface area contributed by atoms with E-state index in [1.165, 1.54) is 0 Å². The maximum Gasteiger partial charge on any atom is 0.460 e. The van der Waals surface area contributed by atoms with Crippen molar-refractivity contribution in [3.8, 4) is 11.5 Å². The molecule has 0 aliphatic heterocycles. The minimum absolute atomic E-state index is 0.499. The van der Waals surface area contributed by atoms with Gasteiger partial charge in [-0.15, -0.1) is 0 Å². The molecule has 0 heterocycles. The summed E-state index contributed by atoms with van der Waals surface area (Å²) in [6.45, 7) is 0. The average molecular weight is 410 g/mol. The minimum Gasteiger partial charge on any atom is -0.508 e. The van der Waals surface area contributed by atoms with Gasteiger partial charge in [-0.05, 0) is 24.3 Å². The molecule has 1 N–H and O–H groups in total. The highest BCUT2D eigenvalue weighted by molar-refractivity contribution is 5.30. The number of alkyl halides is 12. The first-order valence-corrected chi connectivity index (χ1v) is 6.07. The number of benzene rings is 1. The number of phenolic OH excluding ortho intramolecular Hbond substituents is 1. The van der Waals surface area contributed by atoms with E-state index in [0.717, 1.165) is 0 Å². The Bertz CT molecular complexity index is 622. The van der Waals surface area contributed by atoms with Crippen molar-refractivity contribution >= 4 is 0 Å². The van der Waals surface area contributed by atoms with E-state index in [9.17, 15) is 52.7 Å². The summed E-state index contributed by atoms with van der Waals surface area (Å²) in [5, 5.41) is 8.85. The van der Waals surface area contributed by atoms with Crippen LogP contribution >= 0.6 is 0 Å². The summed E-state index contributed by atoms with van der Waals surface area (Å²) < 4.78 is 157. The van der Waals surface area contributed by atoms with Gasteiger partial charge < -0.3 is 9.84 Å². The highest BCUT2D eigenvalue weighted by Gasteiger charge is 2.88. The Morgan fingerprint density at radius 1 is 0.692 bits per heavy atom. The first-order chi connectivity index (χ1) is 11.4. The fourth-order valence-electron chi connectivity index (χ4n) is 1.45. The van der Waals surface area contributed by atoms with Gasteiger partial charge in [-0.3, -0.25) is 0 Å². The van der Waals surface area contributed by atoms with Gasteiger partial charge in [0.2, 0.25) is 0 Å². The molecule has 1 rings (SSSR count). The van der Waals surface area contributed by atoms with Crippen molar-refractivity contribution in [3.05, 3.63) is 24.3 Å². The van der Waals surface area contributed by atoms with Crippen molar-refractivity contribution < 1.29 is 62.5 Å². The zero-order valence-corrected chi connectivity index (χ0v) is 11.8. The number of rotatable bonds is 6. The predicted octanol–water partition coefficient (Wildman–Crippen LogP) is 5.17. The van der Waals surface area contributed by atoms with Crippen molar-refractivity contribution in [1.82, 2.24) is 0 Å². The molecule has 0 radical (unpaired) electrons. The molecular formula is C12H6F12O2. The van der Waals surface area contributed by atoms with Crippen LogP contribution in [0.4, 0.5) is 52.7 Å². The Kier molecular flexibility index (Phi) is 5.34.